The van der Waals surface area contributed by atoms with Crippen molar-refractivity contribution in [1.82, 2.24) is 0 Å². The van der Waals surface area contributed by atoms with Crippen LogP contribution in [0, 0.1) is 0 Å². The summed E-state index contributed by atoms with van der Waals surface area (Å²) in [7, 11) is 0. The largest absolute Gasteiger partial charge is 0.331 e. The van der Waals surface area contributed by atoms with Crippen molar-refractivity contribution >= 4 is 11.4 Å². The second-order valence-corrected chi connectivity index (χ2v) is 9.37. The smallest absolute Gasteiger partial charge is 0.0671 e. The number of rotatable bonds is 9. The molecule has 0 N–H and O–H groups in total. The molecule has 4 aromatic rings. The van der Waals surface area contributed by atoms with Gasteiger partial charge in [0, 0.05) is 16.8 Å². The van der Waals surface area contributed by atoms with E-state index in [1.54, 1.807) is 0 Å². The molecule has 0 radical (unpaired) electrons. The van der Waals surface area contributed by atoms with Crippen molar-refractivity contribution in [1.29, 1.82) is 0 Å². The number of hydrogen-bond acceptors (Lipinski definition) is 1. The molecule has 1 nitrogen and oxygen atoms in total. The summed E-state index contributed by atoms with van der Waals surface area (Å²) < 4.78 is 0. The molecule has 0 heterocycles. The molecule has 34 heavy (non-hydrogen) atoms. The summed E-state index contributed by atoms with van der Waals surface area (Å²) in [5, 5.41) is 0. The summed E-state index contributed by atoms with van der Waals surface area (Å²) in [6, 6.07) is 42.0. The molecule has 4 rings (SSSR count). The van der Waals surface area contributed by atoms with E-state index in [9.17, 15) is 0 Å². The Morgan fingerprint density at radius 1 is 0.471 bits per heavy atom. The maximum Gasteiger partial charge on any atom is 0.0671 e. The third-order valence-electron chi connectivity index (χ3n) is 7.80. The first-order chi connectivity index (χ1) is 16.6. The van der Waals surface area contributed by atoms with Crippen molar-refractivity contribution in [3.63, 3.8) is 0 Å². The monoisotopic (exact) mass is 447 g/mol. The Balaban J connectivity index is 1.80. The fourth-order valence-corrected chi connectivity index (χ4v) is 5.50. The van der Waals surface area contributed by atoms with Crippen LogP contribution in [0.1, 0.15) is 63.6 Å². The highest BCUT2D eigenvalue weighted by Gasteiger charge is 2.35. The van der Waals surface area contributed by atoms with Crippen molar-refractivity contribution in [3.8, 4) is 0 Å². The summed E-state index contributed by atoms with van der Waals surface area (Å²) in [5.74, 6) is 0. The Morgan fingerprint density at radius 2 is 0.853 bits per heavy atom. The minimum atomic E-state index is -0.185. The van der Waals surface area contributed by atoms with Crippen LogP contribution >= 0.6 is 0 Å². The molecule has 4 aromatic carbocycles. The van der Waals surface area contributed by atoms with Crippen LogP contribution in [-0.4, -0.2) is 0 Å². The molecule has 1 atom stereocenters. The highest BCUT2D eigenvalue weighted by atomic mass is 15.2. The number of anilines is 2. The van der Waals surface area contributed by atoms with E-state index in [-0.39, 0.29) is 11.0 Å². The molecule has 0 aromatic heterocycles. The molecule has 0 aliphatic heterocycles. The van der Waals surface area contributed by atoms with Gasteiger partial charge < -0.3 is 4.90 Å². The molecule has 0 aliphatic rings. The van der Waals surface area contributed by atoms with Crippen molar-refractivity contribution in [2.75, 3.05) is 4.90 Å². The van der Waals surface area contributed by atoms with Gasteiger partial charge in [-0.3, -0.25) is 0 Å². The van der Waals surface area contributed by atoms with E-state index in [0.29, 0.717) is 0 Å². The molecule has 0 fully saturated rings. The van der Waals surface area contributed by atoms with Crippen molar-refractivity contribution in [2.45, 2.75) is 57.9 Å². The van der Waals surface area contributed by atoms with E-state index in [1.165, 1.54) is 28.1 Å². The van der Waals surface area contributed by atoms with E-state index in [1.807, 2.05) is 0 Å². The minimum absolute atomic E-state index is 0.0426. The van der Waals surface area contributed by atoms with Crippen molar-refractivity contribution in [2.24, 2.45) is 0 Å². The normalized spacial score (nSPS) is 13.3. The maximum absolute atomic E-state index is 2.49. The zero-order valence-electron chi connectivity index (χ0n) is 21.0. The first-order valence-corrected chi connectivity index (χ1v) is 12.7. The Morgan fingerprint density at radius 3 is 1.26 bits per heavy atom. The Bertz CT molecular complexity index is 1110. The lowest BCUT2D eigenvalue weighted by Crippen LogP contribution is -2.40. The van der Waals surface area contributed by atoms with Gasteiger partial charge in [0.2, 0.25) is 0 Å². The predicted octanol–water partition coefficient (Wildman–Crippen LogP) is 9.26. The summed E-state index contributed by atoms with van der Waals surface area (Å²) in [5.41, 5.74) is 6.42. The van der Waals surface area contributed by atoms with E-state index in [0.717, 1.165) is 19.3 Å². The average Bonchev–Trinajstić information content (AvgIpc) is 2.92. The third kappa shape index (κ3) is 4.28. The first kappa shape index (κ1) is 23.8. The lowest BCUT2D eigenvalue weighted by molar-refractivity contribution is 0.459. The topological polar surface area (TPSA) is 3.24 Å². The van der Waals surface area contributed by atoms with Crippen molar-refractivity contribution < 1.29 is 0 Å². The Labute approximate surface area is 206 Å². The Kier molecular flexibility index (Phi) is 7.22. The van der Waals surface area contributed by atoms with Gasteiger partial charge in [-0.2, -0.15) is 0 Å². The summed E-state index contributed by atoms with van der Waals surface area (Å²) in [6.07, 6.45) is 3.15. The number of nitrogens with zero attached hydrogens (tertiary/aromatic N) is 1. The second-order valence-electron chi connectivity index (χ2n) is 9.37. The maximum atomic E-state index is 2.49. The molecule has 0 amide bonds. The van der Waals surface area contributed by atoms with Crippen LogP contribution in [0.25, 0.3) is 0 Å². The molecule has 0 saturated carbocycles. The first-order valence-electron chi connectivity index (χ1n) is 12.7. The van der Waals surface area contributed by atoms with E-state index in [2.05, 4.69) is 148 Å². The Hall–Kier alpha value is -3.32. The molecule has 0 bridgehead atoms. The van der Waals surface area contributed by atoms with Crippen LogP contribution in [0.15, 0.2) is 115 Å². The van der Waals surface area contributed by atoms with Gasteiger partial charge in [0.15, 0.2) is 0 Å². The zero-order chi connectivity index (χ0) is 24.0. The van der Waals surface area contributed by atoms with Gasteiger partial charge >= 0.3 is 0 Å². The van der Waals surface area contributed by atoms with Crippen LogP contribution < -0.4 is 4.90 Å². The van der Waals surface area contributed by atoms with Crippen LogP contribution in [0.4, 0.5) is 11.4 Å². The summed E-state index contributed by atoms with van der Waals surface area (Å²) >= 11 is 0. The molecule has 1 heteroatoms. The van der Waals surface area contributed by atoms with Gasteiger partial charge in [-0.15, -0.1) is 0 Å². The quantitative estimate of drug-likeness (QED) is 0.247. The van der Waals surface area contributed by atoms with Gasteiger partial charge in [-0.1, -0.05) is 112 Å². The third-order valence-corrected chi connectivity index (χ3v) is 7.80. The SMILES string of the molecule is CCC(CC)(c1ccccc1)c1ccc(C(C)(CC)N(c2ccccc2)c2ccccc2)cc1. The lowest BCUT2D eigenvalue weighted by atomic mass is 9.70. The molecular weight excluding hydrogens is 410 g/mol. The van der Waals surface area contributed by atoms with Gasteiger partial charge in [-0.25, -0.2) is 0 Å². The van der Waals surface area contributed by atoms with Crippen LogP contribution in [0.2, 0.25) is 0 Å². The predicted molar refractivity (Wildman–Crippen MR) is 147 cm³/mol. The number of hydrogen-bond donors (Lipinski definition) is 0. The molecule has 0 aliphatic carbocycles. The molecule has 0 saturated heterocycles. The molecule has 1 unspecified atom stereocenters. The number of para-hydroxylation sites is 2. The summed E-state index contributed by atoms with van der Waals surface area (Å²) in [6.45, 7) is 9.28. The fourth-order valence-electron chi connectivity index (χ4n) is 5.50. The standard InChI is InChI=1S/C33H37N/c1-5-32(4,34(30-19-13-9-14-20-30)31-21-15-10-16-22-31)27-23-25-29(26-24-27)33(6-2,7-3)28-17-11-8-12-18-28/h8-26H,5-7H2,1-4H3. The van der Waals surface area contributed by atoms with Gasteiger partial charge in [0.1, 0.15) is 0 Å². The van der Waals surface area contributed by atoms with Crippen LogP contribution in [0.5, 0.6) is 0 Å². The highest BCUT2D eigenvalue weighted by Crippen LogP contribution is 2.43. The molecular formula is C33H37N. The van der Waals surface area contributed by atoms with E-state index < -0.39 is 0 Å². The summed E-state index contributed by atoms with van der Waals surface area (Å²) in [4.78, 5) is 2.49. The van der Waals surface area contributed by atoms with Crippen LogP contribution in [-0.2, 0) is 11.0 Å². The molecule has 174 valence electrons. The van der Waals surface area contributed by atoms with Gasteiger partial charge in [0.05, 0.1) is 5.54 Å². The zero-order valence-corrected chi connectivity index (χ0v) is 21.0. The minimum Gasteiger partial charge on any atom is -0.331 e. The van der Waals surface area contributed by atoms with E-state index in [4.69, 9.17) is 0 Å². The lowest BCUT2D eigenvalue weighted by Gasteiger charge is -2.43. The fraction of sp³-hybridized carbons (Fsp3) is 0.273. The highest BCUT2D eigenvalue weighted by molar-refractivity contribution is 5.66. The number of benzene rings is 4. The second kappa shape index (κ2) is 10.3. The van der Waals surface area contributed by atoms with Gasteiger partial charge in [-0.05, 0) is 67.1 Å². The van der Waals surface area contributed by atoms with Gasteiger partial charge in [0.25, 0.3) is 0 Å². The molecule has 0 spiro atoms. The van der Waals surface area contributed by atoms with Crippen molar-refractivity contribution in [3.05, 3.63) is 132 Å². The van der Waals surface area contributed by atoms with Crippen LogP contribution in [0.3, 0.4) is 0 Å². The average molecular weight is 448 g/mol. The van der Waals surface area contributed by atoms with E-state index >= 15 is 0 Å².